The van der Waals surface area contributed by atoms with Gasteiger partial charge in [-0.3, -0.25) is 9.69 Å². The Morgan fingerprint density at radius 3 is 2.46 bits per heavy atom. The highest BCUT2D eigenvalue weighted by Gasteiger charge is 2.15. The van der Waals surface area contributed by atoms with Gasteiger partial charge in [-0.25, -0.2) is 0 Å². The fourth-order valence-electron chi connectivity index (χ4n) is 2.70. The molecular formula is C21H27ClN2O2. The van der Waals surface area contributed by atoms with E-state index in [0.717, 1.165) is 25.2 Å². The van der Waals surface area contributed by atoms with Gasteiger partial charge in [0.05, 0.1) is 0 Å². The van der Waals surface area contributed by atoms with E-state index in [1.54, 1.807) is 31.2 Å². The van der Waals surface area contributed by atoms with Crippen molar-refractivity contribution in [1.29, 1.82) is 0 Å². The fraction of sp³-hybridized carbons (Fsp3) is 0.381. The van der Waals surface area contributed by atoms with Crippen molar-refractivity contribution in [3.8, 4) is 5.75 Å². The summed E-state index contributed by atoms with van der Waals surface area (Å²) in [7, 11) is 0. The molecule has 5 heteroatoms. The highest BCUT2D eigenvalue weighted by molar-refractivity contribution is 6.30. The van der Waals surface area contributed by atoms with Crippen molar-refractivity contribution in [2.45, 2.75) is 40.0 Å². The summed E-state index contributed by atoms with van der Waals surface area (Å²) in [5, 5.41) is 3.55. The van der Waals surface area contributed by atoms with Gasteiger partial charge >= 0.3 is 0 Å². The monoisotopic (exact) mass is 374 g/mol. The molecular weight excluding hydrogens is 348 g/mol. The summed E-state index contributed by atoms with van der Waals surface area (Å²) in [6, 6.07) is 15.3. The van der Waals surface area contributed by atoms with Crippen LogP contribution in [0.15, 0.2) is 48.5 Å². The van der Waals surface area contributed by atoms with E-state index in [1.807, 2.05) is 12.1 Å². The van der Waals surface area contributed by atoms with Crippen molar-refractivity contribution in [2.75, 3.05) is 13.1 Å². The number of nitrogens with zero attached hydrogens (tertiary/aromatic N) is 1. The zero-order valence-corrected chi connectivity index (χ0v) is 16.4. The van der Waals surface area contributed by atoms with Crippen LogP contribution in [0.1, 0.15) is 31.9 Å². The third-order valence-corrected chi connectivity index (χ3v) is 4.57. The van der Waals surface area contributed by atoms with Gasteiger partial charge in [0.15, 0.2) is 6.10 Å². The first kappa shape index (κ1) is 20.3. The van der Waals surface area contributed by atoms with Gasteiger partial charge in [0.1, 0.15) is 5.75 Å². The molecule has 0 saturated carbocycles. The van der Waals surface area contributed by atoms with Gasteiger partial charge in [0.2, 0.25) is 0 Å². The molecule has 0 aliphatic heterocycles. The summed E-state index contributed by atoms with van der Waals surface area (Å²) >= 11 is 5.95. The number of hydrogen-bond acceptors (Lipinski definition) is 3. The molecule has 140 valence electrons. The minimum absolute atomic E-state index is 0.150. The standard InChI is InChI=1S/C21H27ClN2O2/c1-4-24(5-2)15-18-10-7-6-9-17(18)14-23-21(25)16(3)26-20-12-8-11-19(22)13-20/h6-13,16H,4-5,14-15H2,1-3H3,(H,23,25). The van der Waals surface area contributed by atoms with Crippen molar-refractivity contribution in [3.05, 3.63) is 64.7 Å². The van der Waals surface area contributed by atoms with Gasteiger partial charge in [-0.15, -0.1) is 0 Å². The zero-order chi connectivity index (χ0) is 18.9. The molecule has 2 aromatic rings. The van der Waals surface area contributed by atoms with Gasteiger partial charge in [-0.2, -0.15) is 0 Å². The number of carbonyl (C=O) groups is 1. The molecule has 0 spiro atoms. The number of rotatable bonds is 9. The lowest BCUT2D eigenvalue weighted by atomic mass is 10.1. The molecule has 26 heavy (non-hydrogen) atoms. The molecule has 0 aromatic heterocycles. The van der Waals surface area contributed by atoms with Crippen LogP contribution in [0.2, 0.25) is 5.02 Å². The average Bonchev–Trinajstić information content (AvgIpc) is 2.64. The van der Waals surface area contributed by atoms with E-state index in [0.29, 0.717) is 17.3 Å². The van der Waals surface area contributed by atoms with Crippen LogP contribution in [0, 0.1) is 0 Å². The van der Waals surface area contributed by atoms with Crippen molar-refractivity contribution >= 4 is 17.5 Å². The Hall–Kier alpha value is -2.04. The Bertz CT molecular complexity index is 717. The molecule has 0 saturated heterocycles. The molecule has 1 amide bonds. The third-order valence-electron chi connectivity index (χ3n) is 4.34. The first-order valence-corrected chi connectivity index (χ1v) is 9.40. The Kier molecular flexibility index (Phi) is 7.95. The van der Waals surface area contributed by atoms with E-state index in [-0.39, 0.29) is 5.91 Å². The highest BCUT2D eigenvalue weighted by atomic mass is 35.5. The van der Waals surface area contributed by atoms with Crippen molar-refractivity contribution in [1.82, 2.24) is 10.2 Å². The molecule has 0 fully saturated rings. The van der Waals surface area contributed by atoms with E-state index in [1.165, 1.54) is 5.56 Å². The molecule has 4 nitrogen and oxygen atoms in total. The predicted octanol–water partition coefficient (Wildman–Crippen LogP) is 4.27. The number of nitrogens with one attached hydrogen (secondary N) is 1. The summed E-state index contributed by atoms with van der Waals surface area (Å²) in [6.45, 7) is 9.42. The molecule has 0 aliphatic carbocycles. The fourth-order valence-corrected chi connectivity index (χ4v) is 2.88. The second kappa shape index (κ2) is 10.2. The molecule has 1 atom stereocenters. The van der Waals surface area contributed by atoms with Crippen molar-refractivity contribution < 1.29 is 9.53 Å². The lowest BCUT2D eigenvalue weighted by molar-refractivity contribution is -0.127. The molecule has 0 aliphatic rings. The lowest BCUT2D eigenvalue weighted by Crippen LogP contribution is -2.36. The van der Waals surface area contributed by atoms with Crippen LogP contribution in [0.5, 0.6) is 5.75 Å². The first-order valence-electron chi connectivity index (χ1n) is 9.02. The Morgan fingerprint density at radius 2 is 1.81 bits per heavy atom. The van der Waals surface area contributed by atoms with Crippen molar-refractivity contribution in [2.24, 2.45) is 0 Å². The summed E-state index contributed by atoms with van der Waals surface area (Å²) in [5.41, 5.74) is 2.36. The third kappa shape index (κ3) is 6.04. The maximum atomic E-state index is 12.4. The van der Waals surface area contributed by atoms with Crippen LogP contribution in [0.4, 0.5) is 0 Å². The summed E-state index contributed by atoms with van der Waals surface area (Å²) in [5.74, 6) is 0.435. The van der Waals surface area contributed by atoms with Crippen molar-refractivity contribution in [3.63, 3.8) is 0 Å². The van der Waals surface area contributed by atoms with E-state index in [4.69, 9.17) is 16.3 Å². The maximum Gasteiger partial charge on any atom is 0.261 e. The summed E-state index contributed by atoms with van der Waals surface area (Å²) in [4.78, 5) is 14.7. The maximum absolute atomic E-state index is 12.4. The van der Waals surface area contributed by atoms with E-state index in [9.17, 15) is 4.79 Å². The quantitative estimate of drug-likeness (QED) is 0.712. The van der Waals surface area contributed by atoms with E-state index >= 15 is 0 Å². The topological polar surface area (TPSA) is 41.6 Å². The lowest BCUT2D eigenvalue weighted by Gasteiger charge is -2.21. The number of benzene rings is 2. The minimum Gasteiger partial charge on any atom is -0.481 e. The Balaban J connectivity index is 1.94. The van der Waals surface area contributed by atoms with Gasteiger partial charge in [0.25, 0.3) is 5.91 Å². The molecule has 0 radical (unpaired) electrons. The number of carbonyl (C=O) groups excluding carboxylic acids is 1. The van der Waals surface area contributed by atoms with Gasteiger partial charge in [0, 0.05) is 18.1 Å². The van der Waals surface area contributed by atoms with Crippen LogP contribution < -0.4 is 10.1 Å². The SMILES string of the molecule is CCN(CC)Cc1ccccc1CNC(=O)C(C)Oc1cccc(Cl)c1. The van der Waals surface area contributed by atoms with Crippen LogP contribution in [-0.2, 0) is 17.9 Å². The number of halogens is 1. The predicted molar refractivity (Wildman–Crippen MR) is 106 cm³/mol. The molecule has 2 aromatic carbocycles. The van der Waals surface area contributed by atoms with Gasteiger partial charge in [-0.1, -0.05) is 55.8 Å². The number of ether oxygens (including phenoxy) is 1. The average molecular weight is 375 g/mol. The normalized spacial score (nSPS) is 12.0. The van der Waals surface area contributed by atoms with Crippen LogP contribution in [0.25, 0.3) is 0 Å². The molecule has 0 heterocycles. The Labute approximate surface area is 161 Å². The first-order chi connectivity index (χ1) is 12.5. The van der Waals surface area contributed by atoms with E-state index < -0.39 is 6.10 Å². The largest absolute Gasteiger partial charge is 0.481 e. The molecule has 0 bridgehead atoms. The zero-order valence-electron chi connectivity index (χ0n) is 15.7. The van der Waals surface area contributed by atoms with Crippen LogP contribution in [-0.4, -0.2) is 30.0 Å². The highest BCUT2D eigenvalue weighted by Crippen LogP contribution is 2.18. The molecule has 2 rings (SSSR count). The smallest absolute Gasteiger partial charge is 0.261 e. The second-order valence-electron chi connectivity index (χ2n) is 6.17. The number of amides is 1. The Morgan fingerprint density at radius 1 is 1.12 bits per heavy atom. The van der Waals surface area contributed by atoms with E-state index in [2.05, 4.69) is 36.2 Å². The molecule has 1 unspecified atom stereocenters. The van der Waals surface area contributed by atoms with Crippen LogP contribution >= 0.6 is 11.6 Å². The molecule has 1 N–H and O–H groups in total. The summed E-state index contributed by atoms with van der Waals surface area (Å²) in [6.07, 6.45) is -0.594. The minimum atomic E-state index is -0.594. The van der Waals surface area contributed by atoms with Gasteiger partial charge < -0.3 is 10.1 Å². The van der Waals surface area contributed by atoms with Gasteiger partial charge in [-0.05, 0) is 49.3 Å². The second-order valence-corrected chi connectivity index (χ2v) is 6.60. The van der Waals surface area contributed by atoms with Crippen LogP contribution in [0.3, 0.4) is 0 Å². The summed E-state index contributed by atoms with van der Waals surface area (Å²) < 4.78 is 5.67. The number of hydrogen-bond donors (Lipinski definition) is 1.